The fraction of sp³-hybridized carbons (Fsp3) is 0.250. The highest BCUT2D eigenvalue weighted by molar-refractivity contribution is 7.07. The van der Waals surface area contributed by atoms with Crippen molar-refractivity contribution in [2.45, 2.75) is 19.4 Å². The van der Waals surface area contributed by atoms with Crippen LogP contribution in [0.2, 0.25) is 0 Å². The molecular weight excluding hydrogens is 242 g/mol. The maximum absolute atomic E-state index is 13.3. The normalized spacial score (nSPS) is 12.4. The van der Waals surface area contributed by atoms with E-state index >= 15 is 0 Å². The molecule has 0 aromatic carbocycles. The van der Waals surface area contributed by atoms with Gasteiger partial charge >= 0.3 is 0 Å². The molecule has 0 aliphatic carbocycles. The lowest BCUT2D eigenvalue weighted by atomic mass is 10.1. The zero-order valence-electron chi connectivity index (χ0n) is 9.28. The number of nitrogens with zero attached hydrogens (tertiary/aromatic N) is 1. The van der Waals surface area contributed by atoms with Gasteiger partial charge in [0.15, 0.2) is 11.6 Å². The van der Waals surface area contributed by atoms with Crippen molar-refractivity contribution in [2.75, 3.05) is 5.32 Å². The summed E-state index contributed by atoms with van der Waals surface area (Å²) in [5.41, 5.74) is 1.19. The molecule has 2 aromatic rings. The van der Waals surface area contributed by atoms with Gasteiger partial charge in [0.05, 0.1) is 6.20 Å². The fourth-order valence-corrected chi connectivity index (χ4v) is 2.25. The summed E-state index contributed by atoms with van der Waals surface area (Å²) in [6.07, 6.45) is 1.78. The molecule has 1 N–H and O–H groups in total. The molecule has 0 aliphatic heterocycles. The Labute approximate surface area is 102 Å². The zero-order chi connectivity index (χ0) is 12.3. The molecule has 0 saturated heterocycles. The van der Waals surface area contributed by atoms with Crippen molar-refractivity contribution in [1.29, 1.82) is 0 Å². The van der Waals surface area contributed by atoms with Crippen LogP contribution >= 0.6 is 11.3 Å². The van der Waals surface area contributed by atoms with Gasteiger partial charge in [-0.1, -0.05) is 0 Å². The van der Waals surface area contributed by atoms with Crippen molar-refractivity contribution in [3.8, 4) is 0 Å². The molecule has 0 aliphatic rings. The van der Waals surface area contributed by atoms with E-state index in [9.17, 15) is 8.78 Å². The monoisotopic (exact) mass is 254 g/mol. The maximum atomic E-state index is 13.3. The Bertz CT molecular complexity index is 485. The molecule has 2 rings (SSSR count). The second-order valence-corrected chi connectivity index (χ2v) is 4.65. The van der Waals surface area contributed by atoms with Crippen LogP contribution in [0.3, 0.4) is 0 Å². The number of pyridine rings is 1. The second kappa shape index (κ2) is 5.23. The SMILES string of the molecule is CC(Cc1ccsc1)Nc1ncc(F)cc1F. The minimum absolute atomic E-state index is 0.0389. The molecule has 5 heteroatoms. The highest BCUT2D eigenvalue weighted by atomic mass is 32.1. The van der Waals surface area contributed by atoms with E-state index in [1.807, 2.05) is 23.8 Å². The average molecular weight is 254 g/mol. The van der Waals surface area contributed by atoms with E-state index in [0.29, 0.717) is 0 Å². The molecule has 0 radical (unpaired) electrons. The number of hydrogen-bond acceptors (Lipinski definition) is 3. The lowest BCUT2D eigenvalue weighted by Gasteiger charge is -2.14. The molecule has 2 aromatic heterocycles. The standard InChI is InChI=1S/C12H12F2N2S/c1-8(4-9-2-3-17-7-9)16-12-11(14)5-10(13)6-15-12/h2-3,5-8H,4H2,1H3,(H,15,16). The second-order valence-electron chi connectivity index (χ2n) is 3.87. The Morgan fingerprint density at radius 2 is 2.29 bits per heavy atom. The first-order valence-electron chi connectivity index (χ1n) is 5.24. The predicted octanol–water partition coefficient (Wildman–Crippen LogP) is 3.46. The van der Waals surface area contributed by atoms with Gasteiger partial charge in [-0.25, -0.2) is 13.8 Å². The maximum Gasteiger partial charge on any atom is 0.168 e. The van der Waals surface area contributed by atoms with Gasteiger partial charge < -0.3 is 5.32 Å². The summed E-state index contributed by atoms with van der Waals surface area (Å²) in [5.74, 6) is -1.24. The Balaban J connectivity index is 2.00. The molecule has 2 nitrogen and oxygen atoms in total. The number of hydrogen-bond donors (Lipinski definition) is 1. The Morgan fingerprint density at radius 1 is 1.47 bits per heavy atom. The van der Waals surface area contributed by atoms with Crippen molar-refractivity contribution in [3.63, 3.8) is 0 Å². The number of thiophene rings is 1. The Morgan fingerprint density at radius 3 is 2.94 bits per heavy atom. The smallest absolute Gasteiger partial charge is 0.168 e. The van der Waals surface area contributed by atoms with Gasteiger partial charge in [-0.15, -0.1) is 0 Å². The largest absolute Gasteiger partial charge is 0.365 e. The molecule has 2 heterocycles. The molecule has 1 unspecified atom stereocenters. The first-order chi connectivity index (χ1) is 8.15. The van der Waals surface area contributed by atoms with Crippen molar-refractivity contribution in [3.05, 3.63) is 46.3 Å². The van der Waals surface area contributed by atoms with Crippen LogP contribution in [0.15, 0.2) is 29.1 Å². The summed E-state index contributed by atoms with van der Waals surface area (Å²) in [5, 5.41) is 6.97. The molecule has 0 spiro atoms. The van der Waals surface area contributed by atoms with Crippen molar-refractivity contribution >= 4 is 17.2 Å². The van der Waals surface area contributed by atoms with E-state index in [2.05, 4.69) is 10.3 Å². The summed E-state index contributed by atoms with van der Waals surface area (Å²) >= 11 is 1.63. The lowest BCUT2D eigenvalue weighted by Crippen LogP contribution is -2.19. The van der Waals surface area contributed by atoms with Crippen molar-refractivity contribution in [1.82, 2.24) is 4.98 Å². The number of nitrogens with one attached hydrogen (secondary N) is 1. The molecular formula is C12H12F2N2S. The Kier molecular flexibility index (Phi) is 3.68. The summed E-state index contributed by atoms with van der Waals surface area (Å²) in [6.45, 7) is 1.93. The van der Waals surface area contributed by atoms with Gasteiger partial charge in [0.25, 0.3) is 0 Å². The third-order valence-electron chi connectivity index (χ3n) is 2.31. The van der Waals surface area contributed by atoms with E-state index in [4.69, 9.17) is 0 Å². The highest BCUT2D eigenvalue weighted by Crippen LogP contribution is 2.15. The summed E-state index contributed by atoms with van der Waals surface area (Å²) < 4.78 is 26.0. The molecule has 17 heavy (non-hydrogen) atoms. The molecule has 0 fully saturated rings. The topological polar surface area (TPSA) is 24.9 Å². The van der Waals surface area contributed by atoms with Crippen LogP contribution in [0, 0.1) is 11.6 Å². The predicted molar refractivity (Wildman–Crippen MR) is 65.3 cm³/mol. The first-order valence-corrected chi connectivity index (χ1v) is 6.18. The molecule has 0 bridgehead atoms. The number of rotatable bonds is 4. The van der Waals surface area contributed by atoms with E-state index in [1.54, 1.807) is 11.3 Å². The van der Waals surface area contributed by atoms with Crippen LogP contribution in [-0.2, 0) is 6.42 Å². The minimum Gasteiger partial charge on any atom is -0.365 e. The molecule has 0 amide bonds. The van der Waals surface area contributed by atoms with E-state index in [1.165, 1.54) is 5.56 Å². The lowest BCUT2D eigenvalue weighted by molar-refractivity contribution is 0.573. The molecule has 1 atom stereocenters. The number of anilines is 1. The van der Waals surface area contributed by atoms with Gasteiger partial charge in [0, 0.05) is 12.1 Å². The van der Waals surface area contributed by atoms with Crippen LogP contribution < -0.4 is 5.32 Å². The van der Waals surface area contributed by atoms with Gasteiger partial charge in [-0.2, -0.15) is 11.3 Å². The van der Waals surface area contributed by atoms with E-state index in [0.717, 1.165) is 18.7 Å². The summed E-state index contributed by atoms with van der Waals surface area (Å²) in [4.78, 5) is 3.69. The van der Waals surface area contributed by atoms with Gasteiger partial charge in [0.2, 0.25) is 0 Å². The fourth-order valence-electron chi connectivity index (χ4n) is 1.57. The highest BCUT2D eigenvalue weighted by Gasteiger charge is 2.09. The summed E-state index contributed by atoms with van der Waals surface area (Å²) in [6, 6.07) is 2.89. The Hall–Kier alpha value is -1.49. The van der Waals surface area contributed by atoms with Gasteiger partial charge in [-0.3, -0.25) is 0 Å². The average Bonchev–Trinajstić information content (AvgIpc) is 2.75. The molecule has 0 saturated carbocycles. The quantitative estimate of drug-likeness (QED) is 0.903. The number of halogens is 2. The summed E-state index contributed by atoms with van der Waals surface area (Å²) in [7, 11) is 0. The first kappa shape index (κ1) is 12.0. The third kappa shape index (κ3) is 3.23. The van der Waals surface area contributed by atoms with E-state index in [-0.39, 0.29) is 11.9 Å². The van der Waals surface area contributed by atoms with Gasteiger partial charge in [-0.05, 0) is 35.7 Å². The van der Waals surface area contributed by atoms with Crippen LogP contribution in [0.4, 0.5) is 14.6 Å². The number of aromatic nitrogens is 1. The third-order valence-corrected chi connectivity index (χ3v) is 3.04. The van der Waals surface area contributed by atoms with Crippen LogP contribution in [0.5, 0.6) is 0 Å². The van der Waals surface area contributed by atoms with Crippen molar-refractivity contribution in [2.24, 2.45) is 0 Å². The van der Waals surface area contributed by atoms with Gasteiger partial charge in [0.1, 0.15) is 5.82 Å². The van der Waals surface area contributed by atoms with Crippen LogP contribution in [0.25, 0.3) is 0 Å². The van der Waals surface area contributed by atoms with Crippen LogP contribution in [0.1, 0.15) is 12.5 Å². The van der Waals surface area contributed by atoms with Crippen molar-refractivity contribution < 1.29 is 8.78 Å². The van der Waals surface area contributed by atoms with Crippen LogP contribution in [-0.4, -0.2) is 11.0 Å². The minimum atomic E-state index is -0.668. The molecule has 90 valence electrons. The van der Waals surface area contributed by atoms with E-state index < -0.39 is 11.6 Å². The zero-order valence-corrected chi connectivity index (χ0v) is 10.1.